The molecule has 0 aromatic carbocycles. The molecule has 22 heavy (non-hydrogen) atoms. The molecule has 1 N–H and O–H groups in total. The Morgan fingerprint density at radius 3 is 2.73 bits per heavy atom. The quantitative estimate of drug-likeness (QED) is 0.941. The summed E-state index contributed by atoms with van der Waals surface area (Å²) in [6.45, 7) is 0.561. The third-order valence-corrected chi connectivity index (χ3v) is 3.43. The Bertz CT molecular complexity index is 640. The average Bonchev–Trinajstić information content (AvgIpc) is 3.07. The highest BCUT2D eigenvalue weighted by Crippen LogP contribution is 2.31. The lowest BCUT2D eigenvalue weighted by Gasteiger charge is -2.19. The van der Waals surface area contributed by atoms with Gasteiger partial charge in [-0.25, -0.2) is 0 Å². The molecule has 1 aliphatic heterocycles. The minimum absolute atomic E-state index is 0.0877. The zero-order valence-corrected chi connectivity index (χ0v) is 11.7. The van der Waals surface area contributed by atoms with Gasteiger partial charge >= 0.3 is 6.18 Å². The second-order valence-corrected chi connectivity index (χ2v) is 5.08. The molecule has 2 aromatic heterocycles. The van der Waals surface area contributed by atoms with Crippen LogP contribution in [0.4, 0.5) is 19.0 Å². The SMILES string of the molecule is Cn1cc([C@H]2OCC[C@@H]2Nc2ccc(C(F)(F)F)nn2)cn1. The number of aryl methyl sites for hydroxylation is 1. The molecule has 3 rings (SSSR count). The van der Waals surface area contributed by atoms with Gasteiger partial charge in [0.2, 0.25) is 0 Å². The zero-order chi connectivity index (χ0) is 15.7. The number of nitrogens with one attached hydrogen (secondary N) is 1. The number of halogens is 3. The van der Waals surface area contributed by atoms with Crippen LogP contribution in [0.5, 0.6) is 0 Å². The van der Waals surface area contributed by atoms with Crippen molar-refractivity contribution in [3.05, 3.63) is 35.8 Å². The van der Waals surface area contributed by atoms with Gasteiger partial charge in [0.25, 0.3) is 0 Å². The Kier molecular flexibility index (Phi) is 3.73. The third-order valence-electron chi connectivity index (χ3n) is 3.43. The molecule has 0 saturated carbocycles. The first-order valence-electron chi connectivity index (χ1n) is 6.71. The van der Waals surface area contributed by atoms with Crippen LogP contribution in [0.2, 0.25) is 0 Å². The van der Waals surface area contributed by atoms with Crippen LogP contribution in [-0.4, -0.2) is 32.6 Å². The number of nitrogens with zero attached hydrogens (tertiary/aromatic N) is 4. The van der Waals surface area contributed by atoms with Gasteiger partial charge in [0.1, 0.15) is 11.9 Å². The number of alkyl halides is 3. The lowest BCUT2D eigenvalue weighted by molar-refractivity contribution is -0.141. The molecule has 3 heterocycles. The molecule has 0 bridgehead atoms. The van der Waals surface area contributed by atoms with Crippen molar-refractivity contribution >= 4 is 5.82 Å². The molecule has 0 aliphatic carbocycles. The first-order valence-corrected chi connectivity index (χ1v) is 6.71. The van der Waals surface area contributed by atoms with Gasteiger partial charge in [0.15, 0.2) is 5.69 Å². The van der Waals surface area contributed by atoms with Crippen molar-refractivity contribution in [2.45, 2.75) is 24.7 Å². The standard InChI is InChI=1S/C13H14F3N5O/c1-21-7-8(6-17-21)12-9(4-5-22-12)18-11-3-2-10(19-20-11)13(14,15)16/h2-3,6-7,9,12H,4-5H2,1H3,(H,18,20)/t9-,12+/m0/s1. The fourth-order valence-electron chi connectivity index (χ4n) is 2.40. The number of rotatable bonds is 3. The highest BCUT2D eigenvalue weighted by Gasteiger charge is 2.34. The lowest BCUT2D eigenvalue weighted by atomic mass is 10.1. The van der Waals surface area contributed by atoms with Gasteiger partial charge in [0, 0.05) is 25.4 Å². The third kappa shape index (κ3) is 3.03. The van der Waals surface area contributed by atoms with Crippen LogP contribution in [0.3, 0.4) is 0 Å². The predicted octanol–water partition coefficient (Wildman–Crippen LogP) is 2.17. The molecule has 118 valence electrons. The Balaban J connectivity index is 1.72. The van der Waals surface area contributed by atoms with Crippen LogP contribution < -0.4 is 5.32 Å². The van der Waals surface area contributed by atoms with Gasteiger partial charge in [-0.3, -0.25) is 4.68 Å². The predicted molar refractivity (Wildman–Crippen MR) is 71.0 cm³/mol. The number of anilines is 1. The first kappa shape index (κ1) is 14.8. The van der Waals surface area contributed by atoms with Gasteiger partial charge in [-0.2, -0.15) is 18.3 Å². The van der Waals surface area contributed by atoms with Crippen molar-refractivity contribution in [2.24, 2.45) is 7.05 Å². The van der Waals surface area contributed by atoms with E-state index >= 15 is 0 Å². The van der Waals surface area contributed by atoms with E-state index < -0.39 is 11.9 Å². The summed E-state index contributed by atoms with van der Waals surface area (Å²) in [6, 6.07) is 2.09. The minimum atomic E-state index is -4.49. The maximum absolute atomic E-state index is 12.5. The number of hydrogen-bond donors (Lipinski definition) is 1. The van der Waals surface area contributed by atoms with Crippen LogP contribution in [-0.2, 0) is 18.0 Å². The van der Waals surface area contributed by atoms with E-state index in [-0.39, 0.29) is 18.0 Å². The Labute approximate surface area is 124 Å². The molecule has 2 atom stereocenters. The number of hydrogen-bond acceptors (Lipinski definition) is 5. The van der Waals surface area contributed by atoms with Gasteiger partial charge < -0.3 is 10.1 Å². The van der Waals surface area contributed by atoms with Gasteiger partial charge in [0.05, 0.1) is 12.2 Å². The first-order chi connectivity index (χ1) is 10.4. The Morgan fingerprint density at radius 2 is 2.14 bits per heavy atom. The fraction of sp³-hybridized carbons (Fsp3) is 0.462. The summed E-state index contributed by atoms with van der Waals surface area (Å²) in [5.74, 6) is 0.289. The maximum atomic E-state index is 12.5. The summed E-state index contributed by atoms with van der Waals surface area (Å²) in [6.07, 6.45) is -0.410. The summed E-state index contributed by atoms with van der Waals surface area (Å²) in [5.41, 5.74) is -0.0955. The maximum Gasteiger partial charge on any atom is 0.435 e. The Morgan fingerprint density at radius 1 is 1.32 bits per heavy atom. The molecule has 1 fully saturated rings. The normalized spacial score (nSPS) is 22.0. The van der Waals surface area contributed by atoms with Crippen molar-refractivity contribution in [3.8, 4) is 0 Å². The number of ether oxygens (including phenoxy) is 1. The van der Waals surface area contributed by atoms with Crippen LogP contribution in [0, 0.1) is 0 Å². The summed E-state index contributed by atoms with van der Waals surface area (Å²) >= 11 is 0. The topological polar surface area (TPSA) is 64.9 Å². The van der Waals surface area contributed by atoms with Crippen molar-refractivity contribution in [3.63, 3.8) is 0 Å². The minimum Gasteiger partial charge on any atom is -0.371 e. The monoisotopic (exact) mass is 313 g/mol. The van der Waals surface area contributed by atoms with Crippen LogP contribution in [0.1, 0.15) is 23.8 Å². The van der Waals surface area contributed by atoms with Crippen LogP contribution in [0.15, 0.2) is 24.5 Å². The Hall–Kier alpha value is -2.16. The zero-order valence-electron chi connectivity index (χ0n) is 11.7. The molecular weight excluding hydrogens is 299 g/mol. The van der Waals surface area contributed by atoms with Gasteiger partial charge in [-0.1, -0.05) is 0 Å². The molecular formula is C13H14F3N5O. The molecule has 0 spiro atoms. The lowest BCUT2D eigenvalue weighted by Crippen LogP contribution is -2.24. The molecule has 9 heteroatoms. The molecule has 2 aromatic rings. The fourth-order valence-corrected chi connectivity index (χ4v) is 2.40. The van der Waals surface area contributed by atoms with E-state index in [2.05, 4.69) is 20.6 Å². The second kappa shape index (κ2) is 5.56. The van der Waals surface area contributed by atoms with Crippen molar-refractivity contribution < 1.29 is 17.9 Å². The largest absolute Gasteiger partial charge is 0.435 e. The summed E-state index contributed by atoms with van der Waals surface area (Å²) in [5, 5.41) is 14.0. The van der Waals surface area contributed by atoms with E-state index in [9.17, 15) is 13.2 Å². The molecule has 6 nitrogen and oxygen atoms in total. The van der Waals surface area contributed by atoms with E-state index in [0.29, 0.717) is 6.61 Å². The van der Waals surface area contributed by atoms with E-state index in [0.717, 1.165) is 18.1 Å². The van der Waals surface area contributed by atoms with Gasteiger partial charge in [-0.05, 0) is 18.6 Å². The van der Waals surface area contributed by atoms with Gasteiger partial charge in [-0.15, -0.1) is 10.2 Å². The van der Waals surface area contributed by atoms with E-state index in [1.165, 1.54) is 6.07 Å². The number of aromatic nitrogens is 4. The smallest absolute Gasteiger partial charge is 0.371 e. The summed E-state index contributed by atoms with van der Waals surface area (Å²) in [7, 11) is 1.81. The molecule has 1 aliphatic rings. The molecule has 0 amide bonds. The van der Waals surface area contributed by atoms with E-state index in [4.69, 9.17) is 4.74 Å². The van der Waals surface area contributed by atoms with Crippen molar-refractivity contribution in [1.82, 2.24) is 20.0 Å². The van der Waals surface area contributed by atoms with E-state index in [1.54, 1.807) is 10.9 Å². The summed E-state index contributed by atoms with van der Waals surface area (Å²) in [4.78, 5) is 0. The molecule has 1 saturated heterocycles. The highest BCUT2D eigenvalue weighted by molar-refractivity contribution is 5.36. The highest BCUT2D eigenvalue weighted by atomic mass is 19.4. The molecule has 0 radical (unpaired) electrons. The second-order valence-electron chi connectivity index (χ2n) is 5.08. The van der Waals surface area contributed by atoms with Crippen LogP contribution in [0.25, 0.3) is 0 Å². The summed E-state index contributed by atoms with van der Waals surface area (Å²) < 4.78 is 44.7. The van der Waals surface area contributed by atoms with Crippen molar-refractivity contribution in [2.75, 3.05) is 11.9 Å². The van der Waals surface area contributed by atoms with E-state index in [1.807, 2.05) is 13.2 Å². The van der Waals surface area contributed by atoms with Crippen molar-refractivity contribution in [1.29, 1.82) is 0 Å². The molecule has 0 unspecified atom stereocenters. The van der Waals surface area contributed by atoms with Crippen LogP contribution >= 0.6 is 0 Å². The average molecular weight is 313 g/mol.